The minimum absolute atomic E-state index is 0.0966. The largest absolute Gasteiger partial charge is 0.492 e. The molecule has 1 unspecified atom stereocenters. The van der Waals surface area contributed by atoms with Crippen molar-refractivity contribution in [1.82, 2.24) is 24.7 Å². The van der Waals surface area contributed by atoms with Gasteiger partial charge in [-0.15, -0.1) is 0 Å². The summed E-state index contributed by atoms with van der Waals surface area (Å²) in [6, 6.07) is 10.4. The fraction of sp³-hybridized carbons (Fsp3) is 0.586. The highest BCUT2D eigenvalue weighted by atomic mass is 16.5. The van der Waals surface area contributed by atoms with Gasteiger partial charge in [0.15, 0.2) is 0 Å². The molecule has 9 heteroatoms. The van der Waals surface area contributed by atoms with Gasteiger partial charge in [0, 0.05) is 64.1 Å². The number of benzene rings is 1. The van der Waals surface area contributed by atoms with Crippen LogP contribution in [-0.4, -0.2) is 101 Å². The predicted octanol–water partition coefficient (Wildman–Crippen LogP) is 2.61. The normalized spacial score (nSPS) is 22.2. The first-order valence-corrected chi connectivity index (χ1v) is 14.2. The maximum absolute atomic E-state index is 13.4. The zero-order chi connectivity index (χ0) is 26.2. The fourth-order valence-corrected chi connectivity index (χ4v) is 5.80. The standard InChI is InChI=1S/C29H40N6O3/c36-27-9-4-14-33(28(37)23-32-16-18-34(19-17-32)29-30-12-5-13-31-29)20-21-38-26-8-3-6-24(22-26)10-11-25-7-1-2-15-35(25)27/h3,5-6,8,12-13,22,25H,1-2,4,7,9-11,14-21,23H2. The predicted molar refractivity (Wildman–Crippen MR) is 146 cm³/mol. The maximum Gasteiger partial charge on any atom is 0.236 e. The monoisotopic (exact) mass is 520 g/mol. The summed E-state index contributed by atoms with van der Waals surface area (Å²) in [6.07, 6.45) is 9.97. The smallest absolute Gasteiger partial charge is 0.236 e. The number of carbonyl (C=O) groups is 2. The molecule has 3 aliphatic heterocycles. The molecule has 0 radical (unpaired) electrons. The van der Waals surface area contributed by atoms with Crippen LogP contribution in [0.4, 0.5) is 5.95 Å². The number of carbonyl (C=O) groups excluding carboxylic acids is 2. The molecule has 0 N–H and O–H groups in total. The molecule has 5 rings (SSSR count). The molecule has 4 heterocycles. The van der Waals surface area contributed by atoms with E-state index in [9.17, 15) is 9.59 Å². The first-order chi connectivity index (χ1) is 18.7. The van der Waals surface area contributed by atoms with Crippen molar-refractivity contribution in [2.45, 2.75) is 51.0 Å². The van der Waals surface area contributed by atoms with Crippen LogP contribution in [0.2, 0.25) is 0 Å². The van der Waals surface area contributed by atoms with E-state index in [1.807, 2.05) is 23.1 Å². The summed E-state index contributed by atoms with van der Waals surface area (Å²) in [6.45, 7) is 5.93. The molecule has 2 bridgehead atoms. The van der Waals surface area contributed by atoms with Crippen molar-refractivity contribution in [2.75, 3.05) is 63.9 Å². The van der Waals surface area contributed by atoms with Crippen LogP contribution in [0.25, 0.3) is 0 Å². The number of amides is 2. The number of nitrogens with zero attached hydrogens (tertiary/aromatic N) is 6. The quantitative estimate of drug-likeness (QED) is 0.615. The lowest BCUT2D eigenvalue weighted by atomic mass is 9.95. The number of piperazine rings is 1. The van der Waals surface area contributed by atoms with Gasteiger partial charge in [-0.25, -0.2) is 9.97 Å². The average molecular weight is 521 g/mol. The van der Waals surface area contributed by atoms with Crippen molar-refractivity contribution in [3.05, 3.63) is 48.3 Å². The molecule has 1 atom stereocenters. The maximum atomic E-state index is 13.4. The zero-order valence-corrected chi connectivity index (χ0v) is 22.3. The number of hydrogen-bond acceptors (Lipinski definition) is 7. The third-order valence-electron chi connectivity index (χ3n) is 7.98. The van der Waals surface area contributed by atoms with Crippen molar-refractivity contribution in [2.24, 2.45) is 0 Å². The number of hydrogen-bond donors (Lipinski definition) is 0. The number of ether oxygens (including phenoxy) is 1. The highest BCUT2D eigenvalue weighted by Crippen LogP contribution is 2.24. The third-order valence-corrected chi connectivity index (χ3v) is 7.98. The van der Waals surface area contributed by atoms with Gasteiger partial charge in [-0.2, -0.15) is 0 Å². The minimum atomic E-state index is 0.0966. The lowest BCUT2D eigenvalue weighted by Gasteiger charge is -2.36. The number of fused-ring (bicyclic) bond motifs is 3. The highest BCUT2D eigenvalue weighted by molar-refractivity contribution is 5.79. The topological polar surface area (TPSA) is 82.1 Å². The van der Waals surface area contributed by atoms with E-state index in [2.05, 4.69) is 36.8 Å². The van der Waals surface area contributed by atoms with Crippen molar-refractivity contribution in [3.63, 3.8) is 0 Å². The lowest BCUT2D eigenvalue weighted by Crippen LogP contribution is -2.51. The van der Waals surface area contributed by atoms with Crippen LogP contribution in [0.3, 0.4) is 0 Å². The second kappa shape index (κ2) is 13.0. The van der Waals surface area contributed by atoms with E-state index in [-0.39, 0.29) is 11.8 Å². The van der Waals surface area contributed by atoms with Crippen LogP contribution >= 0.6 is 0 Å². The molecule has 0 spiro atoms. The zero-order valence-electron chi connectivity index (χ0n) is 22.3. The SMILES string of the molecule is O=C(CN1CCN(c2ncccn2)CC1)N1CCCC(=O)N2CCCCC2CCc2cccc(c2)OCC1. The average Bonchev–Trinajstić information content (AvgIpc) is 2.96. The summed E-state index contributed by atoms with van der Waals surface area (Å²) in [4.78, 5) is 43.6. The minimum Gasteiger partial charge on any atom is -0.492 e. The molecule has 1 aromatic heterocycles. The van der Waals surface area contributed by atoms with Gasteiger partial charge in [-0.1, -0.05) is 12.1 Å². The van der Waals surface area contributed by atoms with Gasteiger partial charge in [0.1, 0.15) is 12.4 Å². The summed E-state index contributed by atoms with van der Waals surface area (Å²) in [5, 5.41) is 0. The number of aryl methyl sites for hydroxylation is 1. The summed E-state index contributed by atoms with van der Waals surface area (Å²) in [7, 11) is 0. The van der Waals surface area contributed by atoms with Crippen LogP contribution in [0.5, 0.6) is 5.75 Å². The summed E-state index contributed by atoms with van der Waals surface area (Å²) in [5.74, 6) is 1.92. The van der Waals surface area contributed by atoms with E-state index in [0.717, 1.165) is 70.1 Å². The van der Waals surface area contributed by atoms with Crippen LogP contribution in [0, 0.1) is 0 Å². The molecule has 0 aliphatic carbocycles. The molecular weight excluding hydrogens is 480 g/mol. The molecular formula is C29H40N6O3. The van der Waals surface area contributed by atoms with E-state index >= 15 is 0 Å². The van der Waals surface area contributed by atoms with Crippen LogP contribution < -0.4 is 9.64 Å². The van der Waals surface area contributed by atoms with Gasteiger partial charge < -0.3 is 19.4 Å². The second-order valence-corrected chi connectivity index (χ2v) is 10.6. The molecule has 2 fully saturated rings. The van der Waals surface area contributed by atoms with Crippen LogP contribution in [0.15, 0.2) is 42.7 Å². The Kier molecular flexibility index (Phi) is 9.06. The van der Waals surface area contributed by atoms with Gasteiger partial charge in [0.25, 0.3) is 0 Å². The number of piperidine rings is 1. The number of aromatic nitrogens is 2. The molecule has 9 nitrogen and oxygen atoms in total. The summed E-state index contributed by atoms with van der Waals surface area (Å²) < 4.78 is 6.08. The fourth-order valence-electron chi connectivity index (χ4n) is 5.80. The molecule has 2 saturated heterocycles. The Hall–Kier alpha value is -3.20. The Labute approximate surface area is 225 Å². The number of rotatable bonds is 3. The van der Waals surface area contributed by atoms with E-state index in [0.29, 0.717) is 45.1 Å². The van der Waals surface area contributed by atoms with Gasteiger partial charge in [-0.3, -0.25) is 14.5 Å². The Morgan fingerprint density at radius 1 is 0.895 bits per heavy atom. The van der Waals surface area contributed by atoms with Crippen molar-refractivity contribution >= 4 is 17.8 Å². The van der Waals surface area contributed by atoms with Gasteiger partial charge in [0.2, 0.25) is 17.8 Å². The van der Waals surface area contributed by atoms with E-state index < -0.39 is 0 Å². The van der Waals surface area contributed by atoms with Crippen molar-refractivity contribution in [1.29, 1.82) is 0 Å². The molecule has 2 amide bonds. The molecule has 38 heavy (non-hydrogen) atoms. The van der Waals surface area contributed by atoms with Gasteiger partial charge in [-0.05, 0) is 62.3 Å². The Balaban J connectivity index is 1.20. The highest BCUT2D eigenvalue weighted by Gasteiger charge is 2.27. The first-order valence-electron chi connectivity index (χ1n) is 14.2. The van der Waals surface area contributed by atoms with E-state index in [1.165, 1.54) is 12.0 Å². The summed E-state index contributed by atoms with van der Waals surface area (Å²) in [5.41, 5.74) is 1.24. The molecule has 1 aromatic carbocycles. The van der Waals surface area contributed by atoms with Crippen LogP contribution in [0.1, 0.15) is 44.1 Å². The van der Waals surface area contributed by atoms with Crippen molar-refractivity contribution in [3.8, 4) is 5.75 Å². The van der Waals surface area contributed by atoms with Gasteiger partial charge >= 0.3 is 0 Å². The Bertz CT molecular complexity index is 1060. The molecule has 3 aliphatic rings. The first kappa shape index (κ1) is 26.4. The van der Waals surface area contributed by atoms with E-state index in [1.54, 1.807) is 12.4 Å². The Morgan fingerprint density at radius 3 is 2.58 bits per heavy atom. The van der Waals surface area contributed by atoms with Crippen LogP contribution in [-0.2, 0) is 16.0 Å². The molecule has 0 saturated carbocycles. The second-order valence-electron chi connectivity index (χ2n) is 10.6. The van der Waals surface area contributed by atoms with Crippen molar-refractivity contribution < 1.29 is 14.3 Å². The number of anilines is 1. The Morgan fingerprint density at radius 2 is 1.74 bits per heavy atom. The third kappa shape index (κ3) is 7.01. The lowest BCUT2D eigenvalue weighted by molar-refractivity contribution is -0.137. The molecule has 204 valence electrons. The van der Waals surface area contributed by atoms with E-state index in [4.69, 9.17) is 4.74 Å². The summed E-state index contributed by atoms with van der Waals surface area (Å²) >= 11 is 0. The molecule has 2 aromatic rings. The van der Waals surface area contributed by atoms with Gasteiger partial charge in [0.05, 0.1) is 13.1 Å².